The quantitative estimate of drug-likeness (QED) is 0.530. The summed E-state index contributed by atoms with van der Waals surface area (Å²) < 4.78 is 0. The number of hydrogen-bond acceptors (Lipinski definition) is 3. The molecule has 1 aliphatic rings. The van der Waals surface area contributed by atoms with E-state index in [1.807, 2.05) is 0 Å². The third-order valence-corrected chi connectivity index (χ3v) is 2.70. The number of nitrogens with two attached hydrogens (primary N) is 1. The molecule has 74 valence electrons. The van der Waals surface area contributed by atoms with Crippen LogP contribution in [-0.4, -0.2) is 28.2 Å². The van der Waals surface area contributed by atoms with E-state index in [0.29, 0.717) is 12.8 Å². The lowest BCUT2D eigenvalue weighted by Crippen LogP contribution is -2.44. The molecule has 5 nitrogen and oxygen atoms in total. The molecule has 1 aliphatic carbocycles. The zero-order valence-corrected chi connectivity index (χ0v) is 7.19. The Morgan fingerprint density at radius 3 is 1.85 bits per heavy atom. The van der Waals surface area contributed by atoms with Crippen LogP contribution in [0.1, 0.15) is 25.7 Å². The molecule has 0 heterocycles. The van der Waals surface area contributed by atoms with Gasteiger partial charge in [-0.15, -0.1) is 0 Å². The maximum atomic E-state index is 10.8. The van der Waals surface area contributed by atoms with Gasteiger partial charge in [0.05, 0.1) is 0 Å². The van der Waals surface area contributed by atoms with Gasteiger partial charge in [-0.25, -0.2) is 0 Å². The second-order valence-electron chi connectivity index (χ2n) is 3.53. The highest BCUT2D eigenvalue weighted by atomic mass is 16.4. The lowest BCUT2D eigenvalue weighted by molar-refractivity contribution is -0.167. The van der Waals surface area contributed by atoms with E-state index < -0.39 is 17.4 Å². The van der Waals surface area contributed by atoms with Crippen LogP contribution in [-0.2, 0) is 9.59 Å². The van der Waals surface area contributed by atoms with Gasteiger partial charge in [0.15, 0.2) is 5.41 Å². The van der Waals surface area contributed by atoms with Gasteiger partial charge in [0.1, 0.15) is 0 Å². The largest absolute Gasteiger partial charge is 0.480 e. The average Bonchev–Trinajstić information content (AvgIpc) is 2.04. The highest BCUT2D eigenvalue weighted by Crippen LogP contribution is 2.36. The van der Waals surface area contributed by atoms with Crippen molar-refractivity contribution in [2.75, 3.05) is 0 Å². The Balaban J connectivity index is 2.82. The molecule has 0 bridgehead atoms. The second kappa shape index (κ2) is 3.33. The normalized spacial score (nSPS) is 22.5. The van der Waals surface area contributed by atoms with Crippen LogP contribution in [0.25, 0.3) is 0 Å². The third-order valence-electron chi connectivity index (χ3n) is 2.70. The predicted octanol–water partition coefficient (Wildman–Crippen LogP) is 0.0433. The van der Waals surface area contributed by atoms with E-state index >= 15 is 0 Å². The minimum Gasteiger partial charge on any atom is -0.480 e. The van der Waals surface area contributed by atoms with Crippen LogP contribution in [0.15, 0.2) is 0 Å². The fraction of sp³-hybridized carbons (Fsp3) is 0.750. The summed E-state index contributed by atoms with van der Waals surface area (Å²) in [6, 6.07) is -0.0492. The van der Waals surface area contributed by atoms with E-state index in [0.717, 1.165) is 0 Å². The molecular weight excluding hydrogens is 174 g/mol. The highest BCUT2D eigenvalue weighted by molar-refractivity contribution is 5.98. The number of carboxylic acids is 2. The molecule has 0 unspecified atom stereocenters. The standard InChI is InChI=1S/C8H13NO4/c9-5-1-3-8(4-2-5,6(10)11)7(12)13/h5H,1-4,9H2,(H,10,11)(H,12,13). The topological polar surface area (TPSA) is 101 Å². The summed E-state index contributed by atoms with van der Waals surface area (Å²) in [6.07, 6.45) is 1.22. The lowest BCUT2D eigenvalue weighted by atomic mass is 9.73. The smallest absolute Gasteiger partial charge is 0.321 e. The number of carbonyl (C=O) groups is 2. The molecule has 1 rings (SSSR count). The van der Waals surface area contributed by atoms with Crippen molar-refractivity contribution >= 4 is 11.9 Å². The molecule has 0 atom stereocenters. The summed E-state index contributed by atoms with van der Waals surface area (Å²) in [7, 11) is 0. The molecule has 13 heavy (non-hydrogen) atoms. The summed E-state index contributed by atoms with van der Waals surface area (Å²) in [6.45, 7) is 0. The van der Waals surface area contributed by atoms with Crippen LogP contribution in [0.3, 0.4) is 0 Å². The van der Waals surface area contributed by atoms with Crippen LogP contribution in [0.5, 0.6) is 0 Å². The Hall–Kier alpha value is -1.10. The molecule has 1 fully saturated rings. The third kappa shape index (κ3) is 1.65. The van der Waals surface area contributed by atoms with Crippen LogP contribution in [0, 0.1) is 5.41 Å². The van der Waals surface area contributed by atoms with Gasteiger partial charge in [-0.1, -0.05) is 0 Å². The van der Waals surface area contributed by atoms with Crippen molar-refractivity contribution in [3.63, 3.8) is 0 Å². The first-order valence-corrected chi connectivity index (χ1v) is 4.21. The Morgan fingerprint density at radius 2 is 1.54 bits per heavy atom. The summed E-state index contributed by atoms with van der Waals surface area (Å²) in [4.78, 5) is 21.6. The highest BCUT2D eigenvalue weighted by Gasteiger charge is 2.48. The lowest BCUT2D eigenvalue weighted by Gasteiger charge is -2.31. The van der Waals surface area contributed by atoms with Crippen LogP contribution < -0.4 is 5.73 Å². The number of rotatable bonds is 2. The maximum absolute atomic E-state index is 10.8. The van der Waals surface area contributed by atoms with Gasteiger partial charge < -0.3 is 15.9 Å². The van der Waals surface area contributed by atoms with E-state index in [4.69, 9.17) is 15.9 Å². The summed E-state index contributed by atoms with van der Waals surface area (Å²) in [5, 5.41) is 17.6. The maximum Gasteiger partial charge on any atom is 0.321 e. The van der Waals surface area contributed by atoms with Gasteiger partial charge in [-0.05, 0) is 25.7 Å². The van der Waals surface area contributed by atoms with Gasteiger partial charge in [-0.2, -0.15) is 0 Å². The van der Waals surface area contributed by atoms with Gasteiger partial charge in [0.2, 0.25) is 0 Å². The summed E-state index contributed by atoms with van der Waals surface area (Å²) in [5.41, 5.74) is 3.98. The molecule has 0 spiro atoms. The minimum absolute atomic E-state index is 0.0492. The van der Waals surface area contributed by atoms with Crippen molar-refractivity contribution in [2.24, 2.45) is 11.1 Å². The number of aliphatic carboxylic acids is 2. The van der Waals surface area contributed by atoms with E-state index in [1.54, 1.807) is 0 Å². The van der Waals surface area contributed by atoms with Gasteiger partial charge in [0.25, 0.3) is 0 Å². The molecule has 0 amide bonds. The monoisotopic (exact) mass is 187 g/mol. The Bertz CT molecular complexity index is 214. The van der Waals surface area contributed by atoms with Crippen LogP contribution in [0.2, 0.25) is 0 Å². The molecule has 0 aliphatic heterocycles. The molecule has 0 aromatic rings. The molecule has 1 saturated carbocycles. The molecule has 0 saturated heterocycles. The van der Waals surface area contributed by atoms with E-state index in [-0.39, 0.29) is 18.9 Å². The number of hydrogen-bond donors (Lipinski definition) is 3. The first-order valence-electron chi connectivity index (χ1n) is 4.21. The van der Waals surface area contributed by atoms with Gasteiger partial charge in [-0.3, -0.25) is 9.59 Å². The van der Waals surface area contributed by atoms with Crippen molar-refractivity contribution in [1.82, 2.24) is 0 Å². The van der Waals surface area contributed by atoms with Gasteiger partial charge in [0, 0.05) is 6.04 Å². The first kappa shape index (κ1) is 9.98. The summed E-state index contributed by atoms with van der Waals surface area (Å²) >= 11 is 0. The van der Waals surface area contributed by atoms with Crippen molar-refractivity contribution in [2.45, 2.75) is 31.7 Å². The van der Waals surface area contributed by atoms with E-state index in [2.05, 4.69) is 0 Å². The molecular formula is C8H13NO4. The van der Waals surface area contributed by atoms with E-state index in [9.17, 15) is 9.59 Å². The zero-order valence-electron chi connectivity index (χ0n) is 7.19. The molecule has 5 heteroatoms. The molecule has 4 N–H and O–H groups in total. The van der Waals surface area contributed by atoms with E-state index in [1.165, 1.54) is 0 Å². The summed E-state index contributed by atoms with van der Waals surface area (Å²) in [5.74, 6) is -2.49. The Morgan fingerprint density at radius 1 is 1.15 bits per heavy atom. The Labute approximate surface area is 75.5 Å². The minimum atomic E-state index is -1.59. The molecule has 0 aromatic carbocycles. The number of carboxylic acid groups (broad SMARTS) is 2. The van der Waals surface area contributed by atoms with Gasteiger partial charge >= 0.3 is 11.9 Å². The predicted molar refractivity (Wildman–Crippen MR) is 44.1 cm³/mol. The van der Waals surface area contributed by atoms with Crippen molar-refractivity contribution in [1.29, 1.82) is 0 Å². The second-order valence-corrected chi connectivity index (χ2v) is 3.53. The fourth-order valence-corrected chi connectivity index (χ4v) is 1.65. The van der Waals surface area contributed by atoms with Crippen LogP contribution >= 0.6 is 0 Å². The van der Waals surface area contributed by atoms with Crippen LogP contribution in [0.4, 0.5) is 0 Å². The first-order chi connectivity index (χ1) is 5.99. The fourth-order valence-electron chi connectivity index (χ4n) is 1.65. The average molecular weight is 187 g/mol. The van der Waals surface area contributed by atoms with Crippen molar-refractivity contribution in [3.05, 3.63) is 0 Å². The molecule has 0 radical (unpaired) electrons. The van der Waals surface area contributed by atoms with Crippen molar-refractivity contribution < 1.29 is 19.8 Å². The molecule has 0 aromatic heterocycles. The SMILES string of the molecule is NC1CCC(C(=O)O)(C(=O)O)CC1. The Kier molecular flexibility index (Phi) is 2.56. The van der Waals surface area contributed by atoms with Crippen molar-refractivity contribution in [3.8, 4) is 0 Å². The zero-order chi connectivity index (χ0) is 10.1.